The van der Waals surface area contributed by atoms with Crippen molar-refractivity contribution in [1.82, 2.24) is 24.8 Å². The number of aromatic nitrogens is 3. The summed E-state index contributed by atoms with van der Waals surface area (Å²) in [5, 5.41) is 15.3. The van der Waals surface area contributed by atoms with Gasteiger partial charge in [0.05, 0.1) is 34.4 Å². The summed E-state index contributed by atoms with van der Waals surface area (Å²) >= 11 is 0. The molecule has 0 spiro atoms. The van der Waals surface area contributed by atoms with Crippen molar-refractivity contribution in [1.29, 1.82) is 5.26 Å². The minimum absolute atomic E-state index is 0.0702. The van der Waals surface area contributed by atoms with Crippen molar-refractivity contribution < 1.29 is 17.9 Å². The Hall–Kier alpha value is -4.07. The highest BCUT2D eigenvalue weighted by Gasteiger charge is 2.48. The van der Waals surface area contributed by atoms with Gasteiger partial charge in [-0.05, 0) is 83.3 Å². The van der Waals surface area contributed by atoms with E-state index in [1.54, 1.807) is 6.92 Å². The molecule has 7 nitrogen and oxygen atoms in total. The molecule has 9 rings (SSSR count). The third-order valence-electron chi connectivity index (χ3n) is 10.6. The number of halogens is 3. The molecule has 1 saturated carbocycles. The van der Waals surface area contributed by atoms with Gasteiger partial charge in [0.15, 0.2) is 5.82 Å². The van der Waals surface area contributed by atoms with Crippen LogP contribution < -0.4 is 10.1 Å². The van der Waals surface area contributed by atoms with Crippen LogP contribution in [-0.2, 0) is 0 Å². The maximum absolute atomic E-state index is 17.3. The van der Waals surface area contributed by atoms with Gasteiger partial charge in [-0.25, -0.2) is 18.2 Å². The maximum atomic E-state index is 17.3. The molecule has 4 aliphatic rings. The van der Waals surface area contributed by atoms with E-state index >= 15 is 4.39 Å². The molecule has 1 unspecified atom stereocenters. The number of likely N-dealkylation sites (tertiary alicyclic amines) is 1. The third kappa shape index (κ3) is 4.13. The summed E-state index contributed by atoms with van der Waals surface area (Å²) in [6.45, 7) is 7.76. The van der Waals surface area contributed by atoms with Crippen molar-refractivity contribution in [3.8, 4) is 23.1 Å². The number of hydrogen-bond acceptors (Lipinski definition) is 5. The first-order chi connectivity index (χ1) is 21.7. The molecule has 2 N–H and O–H groups in total. The van der Waals surface area contributed by atoms with Gasteiger partial charge in [-0.15, -0.1) is 0 Å². The second-order valence-corrected chi connectivity index (χ2v) is 13.3. The number of rotatable bonds is 6. The second-order valence-electron chi connectivity index (χ2n) is 13.3. The zero-order valence-electron chi connectivity index (χ0n) is 25.7. The molecule has 6 heterocycles. The number of nitrogens with one attached hydrogen (secondary N) is 2. The van der Waals surface area contributed by atoms with Crippen LogP contribution in [0, 0.1) is 41.6 Å². The van der Waals surface area contributed by atoms with Crippen LogP contribution >= 0.6 is 0 Å². The summed E-state index contributed by atoms with van der Waals surface area (Å²) in [4.78, 5) is 10.0. The standard InChI is InChI=1S/C35H35F3N6O/c1-16(13-39)21-12-23-32(30(38)29(21)25-15-41-31-22(25)10-20(36)11-26(31)37)42-35(45-18(3)28-6-5-7-43(28)4)24-8-17(2)44(34(23)24)33-19-9-27(33)40-14-19/h8,10-12,15-16,18-19,27-28,33,40-41H,5-7,9,14H2,1-4H3/t16?,18-,19+,27+,28-,33-/m0/s1. The largest absolute Gasteiger partial charge is 0.472 e. The Kier molecular flexibility index (Phi) is 6.45. The van der Waals surface area contributed by atoms with Crippen LogP contribution in [0.3, 0.4) is 0 Å². The molecule has 3 aromatic heterocycles. The van der Waals surface area contributed by atoms with E-state index in [1.165, 1.54) is 12.3 Å². The number of ether oxygens (including phenoxy) is 1. The number of H-pyrrole nitrogens is 1. The molecule has 3 aliphatic heterocycles. The maximum Gasteiger partial charge on any atom is 0.223 e. The van der Waals surface area contributed by atoms with Gasteiger partial charge in [-0.2, -0.15) is 5.26 Å². The van der Waals surface area contributed by atoms with E-state index in [0.717, 1.165) is 55.0 Å². The third-order valence-corrected chi connectivity index (χ3v) is 10.6. The highest BCUT2D eigenvalue weighted by atomic mass is 19.1. The monoisotopic (exact) mass is 612 g/mol. The second kappa shape index (κ2) is 10.2. The first-order valence-electron chi connectivity index (χ1n) is 15.8. The Bertz CT molecular complexity index is 2050. The lowest BCUT2D eigenvalue weighted by Gasteiger charge is -2.37. The average molecular weight is 613 g/mol. The first kappa shape index (κ1) is 28.4. The van der Waals surface area contributed by atoms with Crippen LogP contribution in [0.4, 0.5) is 13.2 Å². The lowest BCUT2D eigenvalue weighted by atomic mass is 9.79. The predicted octanol–water partition coefficient (Wildman–Crippen LogP) is 7.08. The van der Waals surface area contributed by atoms with E-state index in [1.807, 2.05) is 13.0 Å². The quantitative estimate of drug-likeness (QED) is 0.214. The Morgan fingerprint density at radius 2 is 1.93 bits per heavy atom. The molecule has 232 valence electrons. The highest BCUT2D eigenvalue weighted by Crippen LogP contribution is 2.49. The lowest BCUT2D eigenvalue weighted by molar-refractivity contribution is 0.119. The molecule has 45 heavy (non-hydrogen) atoms. The van der Waals surface area contributed by atoms with Gasteiger partial charge >= 0.3 is 0 Å². The minimum Gasteiger partial charge on any atom is -0.472 e. The number of aryl methyl sites for hydroxylation is 1. The molecule has 5 aromatic rings. The summed E-state index contributed by atoms with van der Waals surface area (Å²) in [7, 11) is 2.09. The highest BCUT2D eigenvalue weighted by molar-refractivity contribution is 6.10. The van der Waals surface area contributed by atoms with Crippen molar-refractivity contribution >= 4 is 32.7 Å². The lowest BCUT2D eigenvalue weighted by Crippen LogP contribution is -2.39. The van der Waals surface area contributed by atoms with Crippen LogP contribution in [0.15, 0.2) is 30.5 Å². The topological polar surface area (TPSA) is 81.9 Å². The number of nitrogens with zero attached hydrogens (tertiary/aromatic N) is 4. The van der Waals surface area contributed by atoms with Crippen molar-refractivity contribution in [2.45, 2.75) is 70.2 Å². The summed E-state index contributed by atoms with van der Waals surface area (Å²) in [6, 6.07) is 8.95. The fourth-order valence-electron chi connectivity index (χ4n) is 8.35. The fraction of sp³-hybridized carbons (Fsp3) is 0.429. The molecule has 10 heteroatoms. The molecule has 1 aliphatic carbocycles. The number of hydrogen-bond donors (Lipinski definition) is 2. The number of aromatic amines is 1. The molecule has 4 fully saturated rings. The van der Waals surface area contributed by atoms with Gasteiger partial charge < -0.3 is 19.6 Å². The molecule has 2 bridgehead atoms. The van der Waals surface area contributed by atoms with Crippen LogP contribution in [0.5, 0.6) is 5.88 Å². The molecular formula is C35H35F3N6O. The van der Waals surface area contributed by atoms with Crippen LogP contribution in [0.25, 0.3) is 43.8 Å². The molecule has 3 saturated heterocycles. The number of likely N-dealkylation sites (N-methyl/N-ethyl adjacent to an activating group) is 1. The Balaban J connectivity index is 1.43. The Morgan fingerprint density at radius 3 is 2.62 bits per heavy atom. The molecule has 6 atom stereocenters. The van der Waals surface area contributed by atoms with Gasteiger partial charge in [0.1, 0.15) is 23.3 Å². The van der Waals surface area contributed by atoms with Gasteiger partial charge in [-0.3, -0.25) is 4.90 Å². The minimum atomic E-state index is -0.772. The van der Waals surface area contributed by atoms with E-state index in [9.17, 15) is 14.0 Å². The van der Waals surface area contributed by atoms with Gasteiger partial charge in [0.2, 0.25) is 5.88 Å². The predicted molar refractivity (Wildman–Crippen MR) is 168 cm³/mol. The zero-order chi connectivity index (χ0) is 31.3. The summed E-state index contributed by atoms with van der Waals surface area (Å²) in [5.74, 6) is -2.06. The summed E-state index contributed by atoms with van der Waals surface area (Å²) in [5.41, 5.74) is 2.88. The molecule has 2 aromatic carbocycles. The number of nitriles is 1. The zero-order valence-corrected chi connectivity index (χ0v) is 25.7. The van der Waals surface area contributed by atoms with Crippen molar-refractivity contribution in [3.63, 3.8) is 0 Å². The Morgan fingerprint density at radius 1 is 1.11 bits per heavy atom. The van der Waals surface area contributed by atoms with E-state index in [4.69, 9.17) is 9.72 Å². The number of benzene rings is 2. The number of pyridine rings is 1. The normalized spacial score (nSPS) is 24.4. The van der Waals surface area contributed by atoms with Gasteiger partial charge in [-0.1, -0.05) is 0 Å². The first-order valence-corrected chi connectivity index (χ1v) is 15.8. The van der Waals surface area contributed by atoms with Crippen molar-refractivity contribution in [3.05, 3.63) is 59.2 Å². The van der Waals surface area contributed by atoms with E-state index in [0.29, 0.717) is 28.8 Å². The van der Waals surface area contributed by atoms with Gasteiger partial charge in [0, 0.05) is 58.5 Å². The Labute approximate surface area is 259 Å². The van der Waals surface area contributed by atoms with Crippen molar-refractivity contribution in [2.24, 2.45) is 5.92 Å². The van der Waals surface area contributed by atoms with Crippen LogP contribution in [0.2, 0.25) is 0 Å². The van der Waals surface area contributed by atoms with Crippen LogP contribution in [-0.4, -0.2) is 57.8 Å². The SMILES string of the molecule is Cc1cc2c(O[C@@H](C)[C@@H]3CCCN3C)nc3c(F)c(-c4c[nH]c5c(F)cc(F)cc45)c(C(C)C#N)cc3c2n1[C@H]1[C@H]2CN[C@@H]1C2. The van der Waals surface area contributed by atoms with Gasteiger partial charge in [0.25, 0.3) is 0 Å². The fourth-order valence-corrected chi connectivity index (χ4v) is 8.35. The van der Waals surface area contributed by atoms with E-state index in [2.05, 4.69) is 45.9 Å². The molecular weight excluding hydrogens is 577 g/mol. The summed E-state index contributed by atoms with van der Waals surface area (Å²) in [6.07, 6.45) is 4.49. The molecule has 0 amide bonds. The average Bonchev–Trinajstić information content (AvgIpc) is 3.83. The molecule has 0 radical (unpaired) electrons. The van der Waals surface area contributed by atoms with E-state index < -0.39 is 23.4 Å². The smallest absolute Gasteiger partial charge is 0.223 e. The number of fused-ring (bicyclic) bond motifs is 5. The summed E-state index contributed by atoms with van der Waals surface area (Å²) < 4.78 is 55.4. The van der Waals surface area contributed by atoms with Crippen molar-refractivity contribution in [2.75, 3.05) is 20.1 Å². The van der Waals surface area contributed by atoms with Crippen LogP contribution in [0.1, 0.15) is 56.3 Å². The van der Waals surface area contributed by atoms with E-state index in [-0.39, 0.29) is 45.7 Å².